The fourth-order valence-corrected chi connectivity index (χ4v) is 6.64. The normalized spacial score (nSPS) is 25.1. The molecular weight excluding hydrogens is 592 g/mol. The Bertz CT molecular complexity index is 1530. The van der Waals surface area contributed by atoms with Crippen LogP contribution < -0.4 is 20.1 Å². The Hall–Kier alpha value is -4.35. The molecule has 5 atom stereocenters. The lowest BCUT2D eigenvalue weighted by molar-refractivity contribution is -0.146. The average Bonchev–Trinajstić information content (AvgIpc) is 3.28. The van der Waals surface area contributed by atoms with Crippen LogP contribution in [-0.2, 0) is 19.1 Å². The van der Waals surface area contributed by atoms with Gasteiger partial charge in [0.1, 0.15) is 41.3 Å². The molecule has 1 aliphatic heterocycles. The van der Waals surface area contributed by atoms with E-state index in [0.29, 0.717) is 17.0 Å². The first-order valence-corrected chi connectivity index (χ1v) is 15.8. The minimum absolute atomic E-state index is 0.0345. The van der Waals surface area contributed by atoms with E-state index in [2.05, 4.69) is 22.2 Å². The van der Waals surface area contributed by atoms with Crippen molar-refractivity contribution in [1.82, 2.24) is 20.5 Å². The number of nitrogens with zero attached hydrogens (tertiary/aromatic N) is 2. The molecule has 1 saturated heterocycles. The molecule has 2 saturated carbocycles. The van der Waals surface area contributed by atoms with Crippen LogP contribution in [0.25, 0.3) is 10.9 Å². The number of carboxylic acids is 1. The quantitative estimate of drug-likeness (QED) is 0.326. The third kappa shape index (κ3) is 6.47. The Morgan fingerprint density at radius 3 is 2.46 bits per heavy atom. The monoisotopic (exact) mass is 636 g/mol. The zero-order valence-electron chi connectivity index (χ0n) is 27.1. The molecule has 2 aromatic rings. The second kappa shape index (κ2) is 12.8. The summed E-state index contributed by atoms with van der Waals surface area (Å²) in [5.74, 6) is -1.47. The van der Waals surface area contributed by atoms with Crippen molar-refractivity contribution in [3.63, 3.8) is 0 Å². The van der Waals surface area contributed by atoms with Crippen molar-refractivity contribution >= 4 is 34.8 Å². The molecule has 2 aliphatic carbocycles. The number of carboxylic acid groups (broad SMARTS) is 1. The zero-order chi connectivity index (χ0) is 33.4. The van der Waals surface area contributed by atoms with Gasteiger partial charge in [0.15, 0.2) is 0 Å². The van der Waals surface area contributed by atoms with E-state index in [1.54, 1.807) is 19.4 Å². The first-order valence-electron chi connectivity index (χ1n) is 15.8. The molecule has 0 radical (unpaired) electrons. The van der Waals surface area contributed by atoms with Crippen LogP contribution in [-0.4, -0.2) is 82.4 Å². The second-order valence-electron chi connectivity index (χ2n) is 13.6. The number of ether oxygens (including phenoxy) is 3. The number of likely N-dealkylation sites (tertiary alicyclic amines) is 1. The van der Waals surface area contributed by atoms with Gasteiger partial charge in [0.2, 0.25) is 11.8 Å². The first kappa shape index (κ1) is 33.0. The van der Waals surface area contributed by atoms with Gasteiger partial charge in [0.05, 0.1) is 19.2 Å². The molecule has 5 rings (SSSR count). The van der Waals surface area contributed by atoms with Gasteiger partial charge in [-0.25, -0.2) is 9.59 Å². The number of hydrogen-bond acceptors (Lipinski definition) is 8. The molecule has 3 amide bonds. The van der Waals surface area contributed by atoms with Crippen molar-refractivity contribution in [1.29, 1.82) is 0 Å². The highest BCUT2D eigenvalue weighted by atomic mass is 16.6. The van der Waals surface area contributed by atoms with E-state index in [4.69, 9.17) is 14.2 Å². The highest BCUT2D eigenvalue weighted by Crippen LogP contribution is 2.45. The zero-order valence-corrected chi connectivity index (χ0v) is 27.1. The van der Waals surface area contributed by atoms with E-state index in [1.165, 1.54) is 11.0 Å². The molecule has 1 aromatic heterocycles. The minimum Gasteiger partial charge on any atom is -0.496 e. The smallest absolute Gasteiger partial charge is 0.408 e. The third-order valence-corrected chi connectivity index (χ3v) is 9.42. The van der Waals surface area contributed by atoms with Gasteiger partial charge in [0, 0.05) is 29.5 Å². The predicted octanol–water partition coefficient (Wildman–Crippen LogP) is 4.13. The topological polar surface area (TPSA) is 156 Å². The Morgan fingerprint density at radius 2 is 1.85 bits per heavy atom. The standard InChI is InChI=1S/C34H44N4O8/c1-7-20-17-34(20,31(41)42)37-29(39)24-16-22(45-26-14-15-35-27-19(2)25(44-6)13-12-23(26)27)18-38(24)30(40)28(33(3,4)5)36-32(43)46-21-10-8-9-11-21/h7,12-15,20-22,24,28H,1,8-11,16-18H2,2-6H3,(H,36,43)(H,37,39)(H,41,42)/t20-,22-,24+,28-,34-/m1/s1. The molecule has 46 heavy (non-hydrogen) atoms. The number of alkyl carbamates (subject to hydrolysis) is 1. The maximum atomic E-state index is 14.3. The fourth-order valence-electron chi connectivity index (χ4n) is 6.64. The first-order chi connectivity index (χ1) is 21.8. The van der Waals surface area contributed by atoms with Crippen LogP contribution >= 0.6 is 0 Å². The summed E-state index contributed by atoms with van der Waals surface area (Å²) in [7, 11) is 1.59. The van der Waals surface area contributed by atoms with Gasteiger partial charge < -0.3 is 34.9 Å². The van der Waals surface area contributed by atoms with E-state index >= 15 is 0 Å². The number of fused-ring (bicyclic) bond motifs is 1. The van der Waals surface area contributed by atoms with Crippen LogP contribution in [0.15, 0.2) is 37.1 Å². The van der Waals surface area contributed by atoms with E-state index in [1.807, 2.05) is 39.8 Å². The number of aryl methyl sites for hydroxylation is 1. The number of pyridine rings is 1. The van der Waals surface area contributed by atoms with Crippen molar-refractivity contribution in [2.24, 2.45) is 11.3 Å². The number of rotatable bonds is 10. The van der Waals surface area contributed by atoms with Crippen molar-refractivity contribution in [3.8, 4) is 11.5 Å². The van der Waals surface area contributed by atoms with E-state index in [-0.39, 0.29) is 25.5 Å². The SMILES string of the molecule is C=C[C@@H]1C[C@]1(NC(=O)[C@@H]1C[C@@H](Oc2ccnc3c(C)c(OC)ccc23)CN1C(=O)[C@@H](NC(=O)OC1CCCC1)C(C)(C)C)C(=O)O. The van der Waals surface area contributed by atoms with Gasteiger partial charge in [-0.1, -0.05) is 26.8 Å². The van der Waals surface area contributed by atoms with Crippen LogP contribution in [0.2, 0.25) is 0 Å². The van der Waals surface area contributed by atoms with Gasteiger partial charge >= 0.3 is 12.1 Å². The predicted molar refractivity (Wildman–Crippen MR) is 169 cm³/mol. The summed E-state index contributed by atoms with van der Waals surface area (Å²) in [6.45, 7) is 11.1. The molecule has 3 fully saturated rings. The Labute approximate surface area is 268 Å². The third-order valence-electron chi connectivity index (χ3n) is 9.42. The molecule has 3 aliphatic rings. The summed E-state index contributed by atoms with van der Waals surface area (Å²) < 4.78 is 17.5. The minimum atomic E-state index is -1.48. The molecule has 12 nitrogen and oxygen atoms in total. The van der Waals surface area contributed by atoms with Gasteiger partial charge in [-0.3, -0.25) is 14.6 Å². The Kier molecular flexibility index (Phi) is 9.19. The summed E-state index contributed by atoms with van der Waals surface area (Å²) in [5.41, 5.74) is -0.676. The highest BCUT2D eigenvalue weighted by molar-refractivity contribution is 5.96. The summed E-state index contributed by atoms with van der Waals surface area (Å²) in [6.07, 6.45) is 5.49. The molecule has 1 aromatic carbocycles. The molecule has 0 unspecified atom stereocenters. The van der Waals surface area contributed by atoms with Crippen molar-refractivity contribution in [2.45, 2.75) is 96.1 Å². The van der Waals surface area contributed by atoms with Gasteiger partial charge in [-0.15, -0.1) is 6.58 Å². The van der Waals surface area contributed by atoms with E-state index in [0.717, 1.165) is 36.6 Å². The lowest BCUT2D eigenvalue weighted by atomic mass is 9.85. The molecule has 2 heterocycles. The molecule has 3 N–H and O–H groups in total. The molecule has 12 heteroatoms. The maximum Gasteiger partial charge on any atom is 0.408 e. The average molecular weight is 637 g/mol. The number of carbonyl (C=O) groups is 4. The molecule has 0 spiro atoms. The second-order valence-corrected chi connectivity index (χ2v) is 13.6. The van der Waals surface area contributed by atoms with Gasteiger partial charge in [-0.2, -0.15) is 0 Å². The lowest BCUT2D eigenvalue weighted by Gasteiger charge is -2.35. The Morgan fingerprint density at radius 1 is 1.13 bits per heavy atom. The number of benzene rings is 1. The Balaban J connectivity index is 1.42. The number of aromatic nitrogens is 1. The fraction of sp³-hybridized carbons (Fsp3) is 0.559. The summed E-state index contributed by atoms with van der Waals surface area (Å²) in [6, 6.07) is 3.33. The van der Waals surface area contributed by atoms with Crippen LogP contribution in [0.3, 0.4) is 0 Å². The van der Waals surface area contributed by atoms with Crippen molar-refractivity contribution < 1.29 is 38.5 Å². The van der Waals surface area contributed by atoms with Crippen LogP contribution in [0.5, 0.6) is 11.5 Å². The summed E-state index contributed by atoms with van der Waals surface area (Å²) in [5, 5.41) is 16.2. The van der Waals surface area contributed by atoms with E-state index < -0.39 is 58.9 Å². The number of methoxy groups -OCH3 is 1. The number of hydrogen-bond donors (Lipinski definition) is 3. The highest BCUT2D eigenvalue weighted by Gasteiger charge is 2.61. The van der Waals surface area contributed by atoms with Crippen molar-refractivity contribution in [2.75, 3.05) is 13.7 Å². The van der Waals surface area contributed by atoms with Crippen LogP contribution in [0.4, 0.5) is 4.79 Å². The number of amides is 3. The summed E-state index contributed by atoms with van der Waals surface area (Å²) in [4.78, 5) is 59.2. The van der Waals surface area contributed by atoms with Crippen LogP contribution in [0.1, 0.15) is 64.9 Å². The molecular formula is C34H44N4O8. The van der Waals surface area contributed by atoms with Crippen molar-refractivity contribution in [3.05, 3.63) is 42.6 Å². The summed E-state index contributed by atoms with van der Waals surface area (Å²) >= 11 is 0. The largest absolute Gasteiger partial charge is 0.496 e. The van der Waals surface area contributed by atoms with Crippen LogP contribution in [0, 0.1) is 18.3 Å². The van der Waals surface area contributed by atoms with E-state index in [9.17, 15) is 24.3 Å². The number of aliphatic carboxylic acids is 1. The molecule has 0 bridgehead atoms. The van der Waals surface area contributed by atoms with Gasteiger partial charge in [-0.05, 0) is 62.6 Å². The number of nitrogens with one attached hydrogen (secondary N) is 2. The van der Waals surface area contributed by atoms with Gasteiger partial charge in [0.25, 0.3) is 0 Å². The lowest BCUT2D eigenvalue weighted by Crippen LogP contribution is -2.59. The molecule has 248 valence electrons. The maximum absolute atomic E-state index is 14.3. The number of carbonyl (C=O) groups excluding carboxylic acids is 3.